The molecule has 0 radical (unpaired) electrons. The van der Waals surface area contributed by atoms with E-state index in [0.29, 0.717) is 17.6 Å². The maximum absolute atomic E-state index is 12.2. The molecule has 4 fully saturated rings. The van der Waals surface area contributed by atoms with Crippen molar-refractivity contribution in [3.05, 3.63) is 0 Å². The predicted molar refractivity (Wildman–Crippen MR) is 91.9 cm³/mol. The lowest BCUT2D eigenvalue weighted by molar-refractivity contribution is -0.138. The largest absolute Gasteiger partial charge is 0.393 e. The molecule has 0 heterocycles. The molecule has 0 aromatic rings. The topological polar surface area (TPSA) is 37.3 Å². The molecule has 0 aliphatic heterocycles. The molecular weight excluding hydrogens is 284 g/mol. The van der Waals surface area contributed by atoms with Crippen molar-refractivity contribution in [1.29, 1.82) is 0 Å². The molecule has 4 aliphatic rings. The van der Waals surface area contributed by atoms with Crippen LogP contribution in [0.25, 0.3) is 0 Å². The first-order valence-electron chi connectivity index (χ1n) is 11.6. The van der Waals surface area contributed by atoms with E-state index in [-0.39, 0.29) is 29.6 Å². The van der Waals surface area contributed by atoms with Crippen molar-refractivity contribution in [2.75, 3.05) is 0 Å². The van der Waals surface area contributed by atoms with Crippen molar-refractivity contribution in [1.82, 2.24) is 0 Å². The van der Waals surface area contributed by atoms with E-state index in [9.17, 15) is 9.90 Å². The smallest absolute Gasteiger partial charge is 0.133 e. The van der Waals surface area contributed by atoms with Crippen LogP contribution in [0.15, 0.2) is 0 Å². The van der Waals surface area contributed by atoms with Gasteiger partial charge in [0.25, 0.3) is 0 Å². The highest BCUT2D eigenvalue weighted by atomic mass is 16.3. The SMILES string of the molecule is [2H]C1C([2H])([2H])[C@@]([2H])(O)C[C@@H]2CC[C@H]3[C@@H]4CC[C@H](C(C)=O)[C@@]4(C)CC[C@@H]3[C@@]12C. The van der Waals surface area contributed by atoms with Crippen LogP contribution in [0.4, 0.5) is 0 Å². The van der Waals surface area contributed by atoms with Gasteiger partial charge in [-0.2, -0.15) is 0 Å². The second-order valence-electron chi connectivity index (χ2n) is 9.24. The monoisotopic (exact) mass is 322 g/mol. The van der Waals surface area contributed by atoms with E-state index in [1.165, 1.54) is 0 Å². The van der Waals surface area contributed by atoms with Gasteiger partial charge in [-0.15, -0.1) is 0 Å². The fraction of sp³-hybridized carbons (Fsp3) is 0.952. The summed E-state index contributed by atoms with van der Waals surface area (Å²) in [4.78, 5) is 12.2. The molecule has 1 unspecified atom stereocenters. The van der Waals surface area contributed by atoms with Crippen LogP contribution in [0.5, 0.6) is 0 Å². The highest BCUT2D eigenvalue weighted by Crippen LogP contribution is 2.67. The summed E-state index contributed by atoms with van der Waals surface area (Å²) < 4.78 is 33.7. The summed E-state index contributed by atoms with van der Waals surface area (Å²) in [6.45, 7) is 6.09. The lowest BCUT2D eigenvalue weighted by atomic mass is 9.44. The quantitative estimate of drug-likeness (QED) is 0.766. The number of carbonyl (C=O) groups excluding carboxylic acids is 1. The summed E-state index contributed by atoms with van der Waals surface area (Å²) in [6.07, 6.45) is 0.496. The normalized spacial score (nSPS) is 66.8. The molecule has 1 N–H and O–H groups in total. The van der Waals surface area contributed by atoms with Crippen LogP contribution in [0.2, 0.25) is 0 Å². The lowest BCUT2D eigenvalue weighted by Crippen LogP contribution is -2.54. The Balaban J connectivity index is 1.70. The number of rotatable bonds is 1. The minimum absolute atomic E-state index is 0.0296. The molecule has 2 nitrogen and oxygen atoms in total. The summed E-state index contributed by atoms with van der Waals surface area (Å²) >= 11 is 0. The number of hydrogen-bond acceptors (Lipinski definition) is 2. The Morgan fingerprint density at radius 3 is 2.61 bits per heavy atom. The minimum Gasteiger partial charge on any atom is -0.393 e. The molecule has 9 atom stereocenters. The van der Waals surface area contributed by atoms with Gasteiger partial charge in [0.05, 0.1) is 7.45 Å². The van der Waals surface area contributed by atoms with E-state index in [0.717, 1.165) is 38.5 Å². The summed E-state index contributed by atoms with van der Waals surface area (Å²) in [7, 11) is 0. The van der Waals surface area contributed by atoms with Crippen LogP contribution in [-0.2, 0) is 4.79 Å². The molecule has 0 aromatic heterocycles. The number of aliphatic hydroxyl groups is 1. The van der Waals surface area contributed by atoms with Crippen molar-refractivity contribution in [2.45, 2.75) is 84.6 Å². The molecule has 2 heteroatoms. The second-order valence-corrected chi connectivity index (χ2v) is 9.24. The molecule has 4 rings (SSSR count). The molecule has 4 saturated carbocycles. The number of carbonyl (C=O) groups is 1. The highest BCUT2D eigenvalue weighted by molar-refractivity contribution is 5.79. The van der Waals surface area contributed by atoms with E-state index in [1.807, 2.05) is 0 Å². The zero-order valence-electron chi connectivity index (χ0n) is 18.8. The fourth-order valence-corrected chi connectivity index (χ4v) is 7.22. The van der Waals surface area contributed by atoms with E-state index in [2.05, 4.69) is 13.8 Å². The third kappa shape index (κ3) is 2.19. The van der Waals surface area contributed by atoms with E-state index in [4.69, 9.17) is 5.48 Å². The average molecular weight is 323 g/mol. The van der Waals surface area contributed by atoms with E-state index in [1.54, 1.807) is 6.92 Å². The summed E-state index contributed by atoms with van der Waals surface area (Å²) in [5.74, 6) is 1.67. The Morgan fingerprint density at radius 1 is 1.13 bits per heavy atom. The van der Waals surface area contributed by atoms with Crippen molar-refractivity contribution >= 4 is 5.78 Å². The third-order valence-electron chi connectivity index (χ3n) is 8.44. The summed E-state index contributed by atoms with van der Waals surface area (Å²) in [5, 5.41) is 10.4. The van der Waals surface area contributed by atoms with Crippen LogP contribution in [0.3, 0.4) is 0 Å². The van der Waals surface area contributed by atoms with Crippen molar-refractivity contribution in [2.24, 2.45) is 40.4 Å². The van der Waals surface area contributed by atoms with Gasteiger partial charge in [-0.3, -0.25) is 4.79 Å². The molecule has 0 bridgehead atoms. The first-order chi connectivity index (χ1) is 12.4. The zero-order chi connectivity index (χ0) is 20.0. The van der Waals surface area contributed by atoms with Crippen molar-refractivity contribution < 1.29 is 15.4 Å². The standard InChI is InChI=1S/C21H34O2/c1-13(22)17-6-7-18-16-5-4-14-12-15(23)8-10-20(14,2)19(16)9-11-21(17,18)3/h14-19,23H,4-12H2,1-3H3/t14-,15+,16-,17+,18-,19-,20-,21+/m0/s1/i8D2,10D,15D/t10?,14-,15+,16-,17+,18-,19-,20-,21+. The molecule has 0 aromatic carbocycles. The Kier molecular flexibility index (Phi) is 2.79. The summed E-state index contributed by atoms with van der Waals surface area (Å²) in [6, 6.07) is 0. The van der Waals surface area contributed by atoms with E-state index >= 15 is 0 Å². The van der Waals surface area contributed by atoms with E-state index < -0.39 is 24.3 Å². The van der Waals surface area contributed by atoms with Gasteiger partial charge in [0, 0.05) is 10.0 Å². The van der Waals surface area contributed by atoms with Gasteiger partial charge in [0.2, 0.25) is 0 Å². The average Bonchev–Trinajstić information content (AvgIpc) is 2.92. The first-order valence-corrected chi connectivity index (χ1v) is 9.52. The molecule has 0 amide bonds. The van der Waals surface area contributed by atoms with Crippen LogP contribution in [0.1, 0.15) is 84.0 Å². The lowest BCUT2D eigenvalue weighted by Gasteiger charge is -2.60. The third-order valence-corrected chi connectivity index (χ3v) is 8.44. The number of ketones is 1. The maximum Gasteiger partial charge on any atom is 0.133 e. The van der Waals surface area contributed by atoms with Crippen LogP contribution in [0, 0.1) is 40.4 Å². The van der Waals surface area contributed by atoms with Gasteiger partial charge in [0.1, 0.15) is 5.78 Å². The van der Waals surface area contributed by atoms with Gasteiger partial charge in [-0.05, 0) is 99.1 Å². The second kappa shape index (κ2) is 5.31. The Hall–Kier alpha value is -0.370. The van der Waals surface area contributed by atoms with Crippen LogP contribution < -0.4 is 0 Å². The number of Topliss-reactive ketones (excluding diaryl/α,β-unsaturated/α-hetero) is 1. The molecular formula is C21H34O2. The van der Waals surface area contributed by atoms with Crippen LogP contribution >= 0.6 is 0 Å². The van der Waals surface area contributed by atoms with Crippen molar-refractivity contribution in [3.63, 3.8) is 0 Å². The minimum atomic E-state index is -2.22. The zero-order valence-corrected chi connectivity index (χ0v) is 14.8. The van der Waals surface area contributed by atoms with Gasteiger partial charge < -0.3 is 5.11 Å². The molecule has 23 heavy (non-hydrogen) atoms. The van der Waals surface area contributed by atoms with Gasteiger partial charge in [-0.25, -0.2) is 0 Å². The molecule has 130 valence electrons. The molecule has 0 saturated heterocycles. The van der Waals surface area contributed by atoms with Crippen molar-refractivity contribution in [3.8, 4) is 0 Å². The number of hydrogen-bond donors (Lipinski definition) is 1. The maximum atomic E-state index is 12.2. The Morgan fingerprint density at radius 2 is 1.87 bits per heavy atom. The summed E-state index contributed by atoms with van der Waals surface area (Å²) in [5.41, 5.74) is -0.451. The van der Waals surface area contributed by atoms with Crippen LogP contribution in [-0.4, -0.2) is 17.0 Å². The van der Waals surface area contributed by atoms with Gasteiger partial charge >= 0.3 is 0 Å². The molecule has 0 spiro atoms. The highest BCUT2D eigenvalue weighted by Gasteiger charge is 2.60. The predicted octanol–water partition coefficient (Wildman–Crippen LogP) is 4.60. The Labute approximate surface area is 147 Å². The first kappa shape index (κ1) is 12.1. The van der Waals surface area contributed by atoms with Gasteiger partial charge in [-0.1, -0.05) is 13.8 Å². The number of fused-ring (bicyclic) bond motifs is 5. The van der Waals surface area contributed by atoms with Gasteiger partial charge in [0.15, 0.2) is 0 Å². The molecule has 4 aliphatic carbocycles. The Bertz CT molecular complexity index is 650. The fourth-order valence-electron chi connectivity index (χ4n) is 7.22.